The van der Waals surface area contributed by atoms with Crippen LogP contribution in [0.2, 0.25) is 0 Å². The molecule has 0 spiro atoms. The number of rotatable bonds is 7. The van der Waals surface area contributed by atoms with Crippen LogP contribution in [0.15, 0.2) is 200 Å². The molecule has 0 aliphatic rings. The minimum atomic E-state index is 0.647. The molecular formula is C51H33N3S. The van der Waals surface area contributed by atoms with Crippen LogP contribution < -0.4 is 0 Å². The summed E-state index contributed by atoms with van der Waals surface area (Å²) in [5, 5.41) is 2.36. The molecule has 0 amide bonds. The highest BCUT2D eigenvalue weighted by Crippen LogP contribution is 2.42. The fourth-order valence-corrected chi connectivity index (χ4v) is 8.48. The van der Waals surface area contributed by atoms with Crippen molar-refractivity contribution < 1.29 is 0 Å². The van der Waals surface area contributed by atoms with Crippen molar-refractivity contribution in [1.29, 1.82) is 0 Å². The second-order valence-electron chi connectivity index (χ2n) is 13.6. The Kier molecular flexibility index (Phi) is 8.36. The molecule has 2 heterocycles. The summed E-state index contributed by atoms with van der Waals surface area (Å²) in [5.74, 6) is 1.96. The first-order chi connectivity index (χ1) is 27.2. The SMILES string of the molecule is c1ccc(-c2cccc(-c3ccc(-c4ccc5sc6cccc(-c7nc(-c8ccccc8)nc(-c8cccc(-c9ccccc9)c8)n7)c6c5c4)cc3)c2)cc1. The Bertz CT molecular complexity index is 2950. The molecule has 0 saturated heterocycles. The maximum Gasteiger partial charge on any atom is 0.164 e. The number of hydrogen-bond acceptors (Lipinski definition) is 4. The van der Waals surface area contributed by atoms with Crippen LogP contribution in [0.5, 0.6) is 0 Å². The van der Waals surface area contributed by atoms with Gasteiger partial charge in [0.05, 0.1) is 0 Å². The number of fused-ring (bicyclic) bond motifs is 3. The van der Waals surface area contributed by atoms with Gasteiger partial charge in [0.2, 0.25) is 0 Å². The van der Waals surface area contributed by atoms with Crippen LogP contribution in [0, 0.1) is 0 Å². The second-order valence-corrected chi connectivity index (χ2v) is 14.7. The third-order valence-electron chi connectivity index (χ3n) is 10.2. The quantitative estimate of drug-likeness (QED) is 0.165. The summed E-state index contributed by atoms with van der Waals surface area (Å²) in [6.07, 6.45) is 0. The van der Waals surface area contributed by atoms with E-state index in [-0.39, 0.29) is 0 Å². The van der Waals surface area contributed by atoms with E-state index in [0.717, 1.165) is 33.2 Å². The van der Waals surface area contributed by atoms with Crippen molar-refractivity contribution in [3.05, 3.63) is 200 Å². The second kappa shape index (κ2) is 14.1. The average Bonchev–Trinajstić information content (AvgIpc) is 3.66. The van der Waals surface area contributed by atoms with E-state index in [2.05, 4.69) is 176 Å². The van der Waals surface area contributed by atoms with Gasteiger partial charge in [-0.25, -0.2) is 15.0 Å². The monoisotopic (exact) mass is 719 g/mol. The number of benzene rings is 8. The van der Waals surface area contributed by atoms with Gasteiger partial charge < -0.3 is 0 Å². The normalized spacial score (nSPS) is 11.3. The topological polar surface area (TPSA) is 38.7 Å². The molecular weight excluding hydrogens is 687 g/mol. The number of thiophene rings is 1. The van der Waals surface area contributed by atoms with E-state index < -0.39 is 0 Å². The zero-order chi connectivity index (χ0) is 36.6. The molecule has 4 heteroatoms. The molecule has 3 nitrogen and oxygen atoms in total. The molecule has 0 radical (unpaired) electrons. The van der Waals surface area contributed by atoms with Crippen molar-refractivity contribution in [1.82, 2.24) is 15.0 Å². The smallest absolute Gasteiger partial charge is 0.164 e. The van der Waals surface area contributed by atoms with E-state index in [1.807, 2.05) is 24.3 Å². The minimum Gasteiger partial charge on any atom is -0.208 e. The zero-order valence-corrected chi connectivity index (χ0v) is 30.6. The van der Waals surface area contributed by atoms with Crippen LogP contribution in [-0.4, -0.2) is 15.0 Å². The van der Waals surface area contributed by atoms with E-state index in [1.165, 1.54) is 48.2 Å². The van der Waals surface area contributed by atoms with Gasteiger partial charge in [-0.05, 0) is 74.8 Å². The van der Waals surface area contributed by atoms with Gasteiger partial charge in [-0.15, -0.1) is 11.3 Å². The predicted octanol–water partition coefficient (Wildman–Crippen LogP) is 13.9. The largest absolute Gasteiger partial charge is 0.208 e. The minimum absolute atomic E-state index is 0.647. The number of hydrogen-bond donors (Lipinski definition) is 0. The highest BCUT2D eigenvalue weighted by atomic mass is 32.1. The number of nitrogens with zero attached hydrogens (tertiary/aromatic N) is 3. The van der Waals surface area contributed by atoms with Gasteiger partial charge in [-0.2, -0.15) is 0 Å². The molecule has 0 aliphatic heterocycles. The molecule has 0 fully saturated rings. The Morgan fingerprint density at radius 3 is 1.29 bits per heavy atom. The molecule has 0 bridgehead atoms. The molecule has 0 aliphatic carbocycles. The maximum atomic E-state index is 5.20. The van der Waals surface area contributed by atoms with Crippen LogP contribution in [0.3, 0.4) is 0 Å². The van der Waals surface area contributed by atoms with E-state index in [9.17, 15) is 0 Å². The lowest BCUT2D eigenvalue weighted by Gasteiger charge is -2.11. The van der Waals surface area contributed by atoms with Gasteiger partial charge in [0, 0.05) is 36.9 Å². The summed E-state index contributed by atoms with van der Waals surface area (Å²) in [7, 11) is 0. The predicted molar refractivity (Wildman–Crippen MR) is 231 cm³/mol. The summed E-state index contributed by atoms with van der Waals surface area (Å²) < 4.78 is 2.43. The van der Waals surface area contributed by atoms with E-state index >= 15 is 0 Å². The van der Waals surface area contributed by atoms with Gasteiger partial charge in [-0.1, -0.05) is 170 Å². The van der Waals surface area contributed by atoms with Crippen molar-refractivity contribution in [3.63, 3.8) is 0 Å². The van der Waals surface area contributed by atoms with Crippen molar-refractivity contribution in [3.8, 4) is 78.7 Å². The maximum absolute atomic E-state index is 5.20. The van der Waals surface area contributed by atoms with E-state index in [4.69, 9.17) is 15.0 Å². The lowest BCUT2D eigenvalue weighted by Crippen LogP contribution is -2.00. The molecule has 10 rings (SSSR count). The standard InChI is InChI=1S/C51H33N3S/c1-4-13-34(14-5-1)39-19-10-20-40(31-39)36-25-27-37(28-26-36)42-29-30-46-45(33-42)48-44(23-12-24-47(48)55-46)51-53-49(38-17-8-3-9-18-38)52-50(54-51)43-22-11-21-41(32-43)35-15-6-2-7-16-35/h1-33H. The Hall–Kier alpha value is -7.01. The van der Waals surface area contributed by atoms with Crippen molar-refractivity contribution in [2.24, 2.45) is 0 Å². The van der Waals surface area contributed by atoms with Crippen LogP contribution in [0.1, 0.15) is 0 Å². The van der Waals surface area contributed by atoms with Gasteiger partial charge in [0.15, 0.2) is 17.5 Å². The van der Waals surface area contributed by atoms with E-state index in [1.54, 1.807) is 11.3 Å². The summed E-state index contributed by atoms with van der Waals surface area (Å²) in [5.41, 5.74) is 12.3. The summed E-state index contributed by atoms with van der Waals surface area (Å²) >= 11 is 1.80. The average molecular weight is 720 g/mol. The van der Waals surface area contributed by atoms with Crippen LogP contribution in [0.4, 0.5) is 0 Å². The van der Waals surface area contributed by atoms with Crippen molar-refractivity contribution in [2.75, 3.05) is 0 Å². The first kappa shape index (κ1) is 32.6. The third kappa shape index (κ3) is 6.39. The molecule has 0 unspecified atom stereocenters. The van der Waals surface area contributed by atoms with Crippen molar-refractivity contribution >= 4 is 31.5 Å². The summed E-state index contributed by atoms with van der Waals surface area (Å²) in [6, 6.07) is 70.6. The fourth-order valence-electron chi connectivity index (χ4n) is 7.37. The van der Waals surface area contributed by atoms with Gasteiger partial charge >= 0.3 is 0 Å². The van der Waals surface area contributed by atoms with Gasteiger partial charge in [-0.3, -0.25) is 0 Å². The van der Waals surface area contributed by atoms with Crippen LogP contribution >= 0.6 is 11.3 Å². The highest BCUT2D eigenvalue weighted by molar-refractivity contribution is 7.26. The fraction of sp³-hybridized carbons (Fsp3) is 0. The zero-order valence-electron chi connectivity index (χ0n) is 29.8. The highest BCUT2D eigenvalue weighted by Gasteiger charge is 2.18. The van der Waals surface area contributed by atoms with Crippen molar-refractivity contribution in [2.45, 2.75) is 0 Å². The van der Waals surface area contributed by atoms with E-state index in [0.29, 0.717) is 17.5 Å². The third-order valence-corrected chi connectivity index (χ3v) is 11.3. The molecule has 0 saturated carbocycles. The number of aromatic nitrogens is 3. The Morgan fingerprint density at radius 1 is 0.273 bits per heavy atom. The first-order valence-corrected chi connectivity index (χ1v) is 19.2. The molecule has 55 heavy (non-hydrogen) atoms. The first-order valence-electron chi connectivity index (χ1n) is 18.4. The summed E-state index contributed by atoms with van der Waals surface area (Å²) in [6.45, 7) is 0. The molecule has 2 aromatic heterocycles. The van der Waals surface area contributed by atoms with Gasteiger partial charge in [0.1, 0.15) is 0 Å². The summed E-state index contributed by atoms with van der Waals surface area (Å²) in [4.78, 5) is 15.4. The lowest BCUT2D eigenvalue weighted by atomic mass is 9.96. The Labute approximate surface area is 323 Å². The molecule has 0 atom stereocenters. The molecule has 0 N–H and O–H groups in total. The van der Waals surface area contributed by atoms with Crippen LogP contribution in [0.25, 0.3) is 98.8 Å². The Balaban J connectivity index is 1.07. The Morgan fingerprint density at radius 2 is 0.691 bits per heavy atom. The van der Waals surface area contributed by atoms with Crippen LogP contribution in [-0.2, 0) is 0 Å². The molecule has 10 aromatic rings. The molecule has 8 aromatic carbocycles. The van der Waals surface area contributed by atoms with Gasteiger partial charge in [0.25, 0.3) is 0 Å². The molecule has 258 valence electrons. The lowest BCUT2D eigenvalue weighted by molar-refractivity contribution is 1.08.